The number of carbonyl (C=O) groups is 1. The van der Waals surface area contributed by atoms with E-state index in [4.69, 9.17) is 4.74 Å². The molecule has 0 saturated heterocycles. The highest BCUT2D eigenvalue weighted by Gasteiger charge is 2.09. The molecular weight excluding hydrogens is 346 g/mol. The van der Waals surface area contributed by atoms with E-state index in [2.05, 4.69) is 21.4 Å². The Morgan fingerprint density at radius 2 is 2.12 bits per heavy atom. The third-order valence-electron chi connectivity index (χ3n) is 4.05. The lowest BCUT2D eigenvalue weighted by Crippen LogP contribution is -2.28. The van der Waals surface area contributed by atoms with Crippen LogP contribution in [0.5, 0.6) is 5.75 Å². The van der Waals surface area contributed by atoms with Crippen molar-refractivity contribution in [1.29, 1.82) is 0 Å². The van der Waals surface area contributed by atoms with Crippen molar-refractivity contribution < 1.29 is 9.53 Å². The number of hydrogen-bond acceptors (Lipinski definition) is 5. The van der Waals surface area contributed by atoms with Crippen molar-refractivity contribution >= 4 is 17.2 Å². The Morgan fingerprint density at radius 1 is 1.27 bits per heavy atom. The minimum atomic E-state index is -0.167. The maximum atomic E-state index is 12.1. The summed E-state index contributed by atoms with van der Waals surface area (Å²) in [5.74, 6) is 0.588. The monoisotopic (exact) mass is 367 g/mol. The fourth-order valence-corrected chi connectivity index (χ4v) is 3.35. The largest absolute Gasteiger partial charge is 0.483 e. The van der Waals surface area contributed by atoms with Crippen LogP contribution in [0.2, 0.25) is 0 Å². The Labute approximate surface area is 157 Å². The lowest BCUT2D eigenvalue weighted by molar-refractivity contribution is -0.123. The van der Waals surface area contributed by atoms with Crippen molar-refractivity contribution in [2.24, 2.45) is 0 Å². The van der Waals surface area contributed by atoms with Crippen LogP contribution in [-0.4, -0.2) is 22.5 Å². The second-order valence-electron chi connectivity index (χ2n) is 6.16. The van der Waals surface area contributed by atoms with Gasteiger partial charge in [0.05, 0.1) is 12.2 Å². The third-order valence-corrected chi connectivity index (χ3v) is 4.99. The van der Waals surface area contributed by atoms with E-state index in [9.17, 15) is 4.79 Å². The molecule has 0 spiro atoms. The minimum absolute atomic E-state index is 0.0106. The SMILES string of the molecule is Cc1cc(C)c(C)c(OCC(=O)NCc2csc(-c3cccnc3)n2)c1. The van der Waals surface area contributed by atoms with Gasteiger partial charge in [-0.05, 0) is 55.7 Å². The number of amides is 1. The Morgan fingerprint density at radius 3 is 2.88 bits per heavy atom. The van der Waals surface area contributed by atoms with Crippen LogP contribution < -0.4 is 10.1 Å². The fourth-order valence-electron chi connectivity index (χ4n) is 2.54. The number of pyridine rings is 1. The zero-order valence-corrected chi connectivity index (χ0v) is 15.9. The van der Waals surface area contributed by atoms with Crippen LogP contribution in [0.15, 0.2) is 42.0 Å². The topological polar surface area (TPSA) is 64.1 Å². The van der Waals surface area contributed by atoms with Gasteiger partial charge in [0.2, 0.25) is 0 Å². The molecule has 0 aliphatic rings. The summed E-state index contributed by atoms with van der Waals surface area (Å²) in [5.41, 5.74) is 5.14. The smallest absolute Gasteiger partial charge is 0.258 e. The predicted molar refractivity (Wildman–Crippen MR) is 103 cm³/mol. The van der Waals surface area contributed by atoms with Gasteiger partial charge in [0.25, 0.3) is 5.91 Å². The molecule has 1 aromatic carbocycles. The number of aryl methyl sites for hydroxylation is 2. The van der Waals surface area contributed by atoms with E-state index < -0.39 is 0 Å². The molecule has 6 heteroatoms. The number of rotatable bonds is 6. The molecule has 0 aliphatic heterocycles. The minimum Gasteiger partial charge on any atom is -0.483 e. The Kier molecular flexibility index (Phi) is 5.63. The summed E-state index contributed by atoms with van der Waals surface area (Å²) in [6, 6.07) is 7.90. The van der Waals surface area contributed by atoms with E-state index in [0.29, 0.717) is 6.54 Å². The van der Waals surface area contributed by atoms with Crippen molar-refractivity contribution in [3.63, 3.8) is 0 Å². The molecular formula is C20H21N3O2S. The van der Waals surface area contributed by atoms with Crippen LogP contribution in [0.4, 0.5) is 0 Å². The molecule has 0 bridgehead atoms. The first-order valence-corrected chi connectivity index (χ1v) is 9.23. The maximum Gasteiger partial charge on any atom is 0.258 e. The molecule has 0 aliphatic carbocycles. The molecule has 2 aromatic heterocycles. The quantitative estimate of drug-likeness (QED) is 0.719. The summed E-state index contributed by atoms with van der Waals surface area (Å²) in [4.78, 5) is 20.7. The Bertz CT molecular complexity index is 907. The van der Waals surface area contributed by atoms with Gasteiger partial charge in [0.1, 0.15) is 10.8 Å². The predicted octanol–water partition coefficient (Wildman–Crippen LogP) is 3.83. The van der Waals surface area contributed by atoms with Crippen molar-refractivity contribution in [3.8, 4) is 16.3 Å². The highest BCUT2D eigenvalue weighted by Crippen LogP contribution is 2.24. The Hall–Kier alpha value is -2.73. The molecule has 2 heterocycles. The summed E-state index contributed by atoms with van der Waals surface area (Å²) in [6.07, 6.45) is 3.51. The van der Waals surface area contributed by atoms with Crippen LogP contribution in [-0.2, 0) is 11.3 Å². The zero-order valence-electron chi connectivity index (χ0n) is 15.1. The number of ether oxygens (including phenoxy) is 1. The van der Waals surface area contributed by atoms with Gasteiger partial charge in [-0.25, -0.2) is 4.98 Å². The average Bonchev–Trinajstić information content (AvgIpc) is 3.11. The van der Waals surface area contributed by atoms with E-state index in [0.717, 1.165) is 38.7 Å². The molecule has 0 atom stereocenters. The molecule has 1 N–H and O–H groups in total. The summed E-state index contributed by atoms with van der Waals surface area (Å²) in [5, 5.41) is 5.68. The molecule has 3 rings (SSSR count). The van der Waals surface area contributed by atoms with Gasteiger partial charge in [0.15, 0.2) is 6.61 Å². The van der Waals surface area contributed by atoms with Crippen molar-refractivity contribution in [1.82, 2.24) is 15.3 Å². The van der Waals surface area contributed by atoms with E-state index in [1.54, 1.807) is 12.4 Å². The number of benzene rings is 1. The highest BCUT2D eigenvalue weighted by atomic mass is 32.1. The lowest BCUT2D eigenvalue weighted by atomic mass is 10.1. The maximum absolute atomic E-state index is 12.1. The Balaban J connectivity index is 1.53. The molecule has 0 unspecified atom stereocenters. The molecule has 134 valence electrons. The molecule has 3 aromatic rings. The summed E-state index contributed by atoms with van der Waals surface area (Å²) in [6.45, 7) is 6.42. The van der Waals surface area contributed by atoms with Crippen molar-refractivity contribution in [2.75, 3.05) is 6.61 Å². The van der Waals surface area contributed by atoms with Crippen LogP contribution >= 0.6 is 11.3 Å². The fraction of sp³-hybridized carbons (Fsp3) is 0.250. The number of carbonyl (C=O) groups excluding carboxylic acids is 1. The number of thiazole rings is 1. The summed E-state index contributed by atoms with van der Waals surface area (Å²) >= 11 is 1.54. The van der Waals surface area contributed by atoms with Crippen LogP contribution in [0, 0.1) is 20.8 Å². The standard InChI is InChI=1S/C20H21N3O2S/c1-13-7-14(2)15(3)18(8-13)25-11-19(24)22-10-17-12-26-20(23-17)16-5-4-6-21-9-16/h4-9,12H,10-11H2,1-3H3,(H,22,24). The molecule has 0 radical (unpaired) electrons. The molecule has 0 saturated carbocycles. The van der Waals surface area contributed by atoms with Gasteiger partial charge < -0.3 is 10.1 Å². The second-order valence-corrected chi connectivity index (χ2v) is 7.01. The molecule has 5 nitrogen and oxygen atoms in total. The van der Waals surface area contributed by atoms with E-state index >= 15 is 0 Å². The van der Waals surface area contributed by atoms with Gasteiger partial charge in [-0.1, -0.05) is 6.07 Å². The first-order valence-electron chi connectivity index (χ1n) is 8.35. The van der Waals surface area contributed by atoms with Crippen LogP contribution in [0.25, 0.3) is 10.6 Å². The highest BCUT2D eigenvalue weighted by molar-refractivity contribution is 7.13. The molecule has 26 heavy (non-hydrogen) atoms. The first-order chi connectivity index (χ1) is 12.5. The van der Waals surface area contributed by atoms with Crippen molar-refractivity contribution in [3.05, 3.63) is 64.4 Å². The van der Waals surface area contributed by atoms with Gasteiger partial charge in [0, 0.05) is 23.3 Å². The summed E-state index contributed by atoms with van der Waals surface area (Å²) in [7, 11) is 0. The van der Waals surface area contributed by atoms with E-state index in [1.807, 2.05) is 44.4 Å². The van der Waals surface area contributed by atoms with Crippen molar-refractivity contribution in [2.45, 2.75) is 27.3 Å². The first kappa shape index (κ1) is 18.1. The van der Waals surface area contributed by atoms with Crippen LogP contribution in [0.1, 0.15) is 22.4 Å². The summed E-state index contributed by atoms with van der Waals surface area (Å²) < 4.78 is 5.69. The van der Waals surface area contributed by atoms with Gasteiger partial charge in [-0.2, -0.15) is 0 Å². The zero-order chi connectivity index (χ0) is 18.5. The normalized spacial score (nSPS) is 10.6. The van der Waals surface area contributed by atoms with Gasteiger partial charge in [-0.15, -0.1) is 11.3 Å². The molecule has 1 amide bonds. The second kappa shape index (κ2) is 8.10. The lowest BCUT2D eigenvalue weighted by Gasteiger charge is -2.12. The van der Waals surface area contributed by atoms with Crippen LogP contribution in [0.3, 0.4) is 0 Å². The number of nitrogens with one attached hydrogen (secondary N) is 1. The third kappa shape index (κ3) is 4.46. The van der Waals surface area contributed by atoms with E-state index in [-0.39, 0.29) is 12.5 Å². The average molecular weight is 367 g/mol. The van der Waals surface area contributed by atoms with Gasteiger partial charge in [-0.3, -0.25) is 9.78 Å². The number of nitrogens with zero attached hydrogens (tertiary/aromatic N) is 2. The van der Waals surface area contributed by atoms with E-state index in [1.165, 1.54) is 11.3 Å². The number of aromatic nitrogens is 2. The molecule has 0 fully saturated rings. The number of hydrogen-bond donors (Lipinski definition) is 1. The van der Waals surface area contributed by atoms with Gasteiger partial charge >= 0.3 is 0 Å².